The summed E-state index contributed by atoms with van der Waals surface area (Å²) in [6, 6.07) is 7.63. The number of pyridine rings is 2. The van der Waals surface area contributed by atoms with Crippen LogP contribution in [0.3, 0.4) is 0 Å². The van der Waals surface area contributed by atoms with E-state index in [1.807, 2.05) is 24.3 Å². The zero-order chi connectivity index (χ0) is 17.9. The smallest absolute Gasteiger partial charge is 0.223 e. The number of amides is 1. The summed E-state index contributed by atoms with van der Waals surface area (Å²) in [5.41, 5.74) is 8.80. The predicted molar refractivity (Wildman–Crippen MR) is 101 cm³/mol. The van der Waals surface area contributed by atoms with Gasteiger partial charge in [0.05, 0.1) is 5.69 Å². The van der Waals surface area contributed by atoms with Gasteiger partial charge >= 0.3 is 0 Å². The van der Waals surface area contributed by atoms with Crippen LogP contribution in [0.4, 0.5) is 5.82 Å². The van der Waals surface area contributed by atoms with E-state index in [2.05, 4.69) is 15.3 Å². The fraction of sp³-hybridized carbons (Fsp3) is 0.263. The van der Waals surface area contributed by atoms with Crippen molar-refractivity contribution in [3.63, 3.8) is 0 Å². The number of aryl methyl sites for hydroxylation is 1. The van der Waals surface area contributed by atoms with Crippen molar-refractivity contribution in [2.45, 2.75) is 25.8 Å². The summed E-state index contributed by atoms with van der Waals surface area (Å²) in [4.78, 5) is 26.7. The molecule has 26 heavy (non-hydrogen) atoms. The molecule has 1 amide bonds. The Balaban J connectivity index is 1.42. The van der Waals surface area contributed by atoms with Gasteiger partial charge in [0.2, 0.25) is 5.91 Å². The topological polar surface area (TPSA) is 93.8 Å². The van der Waals surface area contributed by atoms with E-state index >= 15 is 0 Å². The number of thiazole rings is 1. The number of nitrogens with zero attached hydrogens (tertiary/aromatic N) is 3. The summed E-state index contributed by atoms with van der Waals surface area (Å²) in [7, 11) is 0. The number of hydrogen-bond acceptors (Lipinski definition) is 6. The van der Waals surface area contributed by atoms with Gasteiger partial charge in [0.15, 0.2) is 0 Å². The largest absolute Gasteiger partial charge is 0.383 e. The lowest BCUT2D eigenvalue weighted by Crippen LogP contribution is -2.33. The SMILES string of the molecule is Nc1ncccc1CNC(=O)C1CCc2sc(-c3ccncc3)nc2C1. The first-order valence-corrected chi connectivity index (χ1v) is 9.38. The molecule has 1 aliphatic rings. The van der Waals surface area contributed by atoms with E-state index in [1.165, 1.54) is 4.88 Å². The van der Waals surface area contributed by atoms with E-state index in [4.69, 9.17) is 10.7 Å². The average molecular weight is 365 g/mol. The summed E-state index contributed by atoms with van der Waals surface area (Å²) in [6.07, 6.45) is 7.62. The molecule has 0 spiro atoms. The van der Waals surface area contributed by atoms with Crippen LogP contribution in [0, 0.1) is 5.92 Å². The van der Waals surface area contributed by atoms with E-state index in [0.29, 0.717) is 18.8 Å². The predicted octanol–water partition coefficient (Wildman–Crippen LogP) is 2.60. The van der Waals surface area contributed by atoms with Crippen molar-refractivity contribution < 1.29 is 4.79 Å². The van der Waals surface area contributed by atoms with Crippen molar-refractivity contribution in [1.82, 2.24) is 20.3 Å². The first kappa shape index (κ1) is 16.7. The highest BCUT2D eigenvalue weighted by Gasteiger charge is 2.27. The Bertz CT molecular complexity index is 925. The minimum atomic E-state index is -0.0483. The lowest BCUT2D eigenvalue weighted by Gasteiger charge is -2.20. The summed E-state index contributed by atoms with van der Waals surface area (Å²) < 4.78 is 0. The Kier molecular flexibility index (Phi) is 4.62. The molecule has 3 N–H and O–H groups in total. The molecule has 0 saturated carbocycles. The normalized spacial score (nSPS) is 16.1. The van der Waals surface area contributed by atoms with Gasteiger partial charge in [0.1, 0.15) is 10.8 Å². The Morgan fingerprint density at radius 2 is 2.12 bits per heavy atom. The van der Waals surface area contributed by atoms with Gasteiger partial charge in [-0.25, -0.2) is 9.97 Å². The molecule has 0 bridgehead atoms. The van der Waals surface area contributed by atoms with Crippen molar-refractivity contribution in [3.8, 4) is 10.6 Å². The molecule has 7 heteroatoms. The van der Waals surface area contributed by atoms with Crippen LogP contribution in [0.1, 0.15) is 22.6 Å². The van der Waals surface area contributed by atoms with Crippen LogP contribution in [0.2, 0.25) is 0 Å². The molecule has 1 unspecified atom stereocenters. The molecule has 0 aromatic carbocycles. The Labute approximate surface area is 155 Å². The Morgan fingerprint density at radius 1 is 1.27 bits per heavy atom. The number of aromatic nitrogens is 3. The molecule has 4 rings (SSSR count). The number of fused-ring (bicyclic) bond motifs is 1. The molecular weight excluding hydrogens is 346 g/mol. The Hall–Kier alpha value is -2.80. The van der Waals surface area contributed by atoms with Gasteiger partial charge in [0.25, 0.3) is 0 Å². The molecule has 3 aromatic rings. The van der Waals surface area contributed by atoms with Crippen molar-refractivity contribution >= 4 is 23.1 Å². The van der Waals surface area contributed by atoms with Crippen molar-refractivity contribution in [3.05, 3.63) is 59.0 Å². The molecule has 6 nitrogen and oxygen atoms in total. The second-order valence-electron chi connectivity index (χ2n) is 6.33. The van der Waals surface area contributed by atoms with E-state index in [-0.39, 0.29) is 11.8 Å². The van der Waals surface area contributed by atoms with Crippen LogP contribution in [-0.4, -0.2) is 20.9 Å². The maximum atomic E-state index is 12.6. The lowest BCUT2D eigenvalue weighted by molar-refractivity contribution is -0.125. The van der Waals surface area contributed by atoms with Crippen molar-refractivity contribution in [2.75, 3.05) is 5.73 Å². The van der Waals surface area contributed by atoms with Gasteiger partial charge in [0, 0.05) is 53.5 Å². The zero-order valence-electron chi connectivity index (χ0n) is 14.2. The molecule has 1 aliphatic carbocycles. The zero-order valence-corrected chi connectivity index (χ0v) is 15.0. The van der Waals surface area contributed by atoms with Crippen LogP contribution >= 0.6 is 11.3 Å². The highest BCUT2D eigenvalue weighted by atomic mass is 32.1. The number of carbonyl (C=O) groups excluding carboxylic acids is 1. The highest BCUT2D eigenvalue weighted by Crippen LogP contribution is 2.34. The Morgan fingerprint density at radius 3 is 2.92 bits per heavy atom. The van der Waals surface area contributed by atoms with Crippen molar-refractivity contribution in [1.29, 1.82) is 0 Å². The summed E-state index contributed by atoms with van der Waals surface area (Å²) in [5, 5.41) is 3.99. The first-order valence-electron chi connectivity index (χ1n) is 8.57. The molecule has 3 aromatic heterocycles. The van der Waals surface area contributed by atoms with Gasteiger partial charge < -0.3 is 11.1 Å². The van der Waals surface area contributed by atoms with E-state index in [9.17, 15) is 4.79 Å². The molecule has 0 saturated heterocycles. The third-order valence-electron chi connectivity index (χ3n) is 4.62. The monoisotopic (exact) mass is 365 g/mol. The van der Waals surface area contributed by atoms with Gasteiger partial charge in [-0.05, 0) is 31.0 Å². The molecular formula is C19H19N5OS. The number of nitrogen functional groups attached to an aromatic ring is 1. The van der Waals surface area contributed by atoms with Crippen LogP contribution in [-0.2, 0) is 24.2 Å². The van der Waals surface area contributed by atoms with Gasteiger partial charge in [-0.15, -0.1) is 11.3 Å². The fourth-order valence-corrected chi connectivity index (χ4v) is 4.26. The van der Waals surface area contributed by atoms with Crippen LogP contribution in [0.5, 0.6) is 0 Å². The summed E-state index contributed by atoms with van der Waals surface area (Å²) in [6.45, 7) is 0.404. The second-order valence-corrected chi connectivity index (χ2v) is 7.41. The number of anilines is 1. The molecule has 132 valence electrons. The number of nitrogens with one attached hydrogen (secondary N) is 1. The second kappa shape index (κ2) is 7.21. The number of carbonyl (C=O) groups is 1. The van der Waals surface area contributed by atoms with Gasteiger partial charge in [-0.1, -0.05) is 6.07 Å². The third-order valence-corrected chi connectivity index (χ3v) is 5.82. The lowest BCUT2D eigenvalue weighted by atomic mass is 9.90. The maximum absolute atomic E-state index is 12.6. The van der Waals surface area contributed by atoms with Crippen LogP contribution in [0.15, 0.2) is 42.9 Å². The molecule has 3 heterocycles. The van der Waals surface area contributed by atoms with Gasteiger partial charge in [-0.2, -0.15) is 0 Å². The minimum absolute atomic E-state index is 0.0483. The van der Waals surface area contributed by atoms with E-state index < -0.39 is 0 Å². The molecule has 0 fully saturated rings. The quantitative estimate of drug-likeness (QED) is 0.741. The minimum Gasteiger partial charge on any atom is -0.383 e. The number of rotatable bonds is 4. The molecule has 1 atom stereocenters. The molecule has 0 radical (unpaired) electrons. The van der Waals surface area contributed by atoms with Crippen molar-refractivity contribution in [2.24, 2.45) is 5.92 Å². The maximum Gasteiger partial charge on any atom is 0.223 e. The number of nitrogens with two attached hydrogens (primary N) is 1. The standard InChI is InChI=1S/C19H19N5OS/c20-17-14(2-1-7-22-17)11-23-18(25)13-3-4-16-15(10-13)24-19(26-16)12-5-8-21-9-6-12/h1-2,5-9,13H,3-4,10-11H2,(H2,20,22)(H,23,25). The first-order chi connectivity index (χ1) is 12.7. The summed E-state index contributed by atoms with van der Waals surface area (Å²) in [5.74, 6) is 0.463. The van der Waals surface area contributed by atoms with E-state index in [0.717, 1.165) is 34.7 Å². The van der Waals surface area contributed by atoms with Crippen LogP contribution < -0.4 is 11.1 Å². The van der Waals surface area contributed by atoms with Gasteiger partial charge in [-0.3, -0.25) is 9.78 Å². The highest BCUT2D eigenvalue weighted by molar-refractivity contribution is 7.15. The molecule has 0 aliphatic heterocycles. The van der Waals surface area contributed by atoms with E-state index in [1.54, 1.807) is 29.9 Å². The third kappa shape index (κ3) is 3.43. The van der Waals surface area contributed by atoms with Crippen LogP contribution in [0.25, 0.3) is 10.6 Å². The average Bonchev–Trinajstić information content (AvgIpc) is 3.11. The number of hydrogen-bond donors (Lipinski definition) is 2. The fourth-order valence-electron chi connectivity index (χ4n) is 3.15. The summed E-state index contributed by atoms with van der Waals surface area (Å²) >= 11 is 1.72.